The van der Waals surface area contributed by atoms with Gasteiger partial charge in [-0.15, -0.1) is 0 Å². The number of likely N-dealkylation sites (N-methyl/N-ethyl adjacent to an activating group) is 2. The van der Waals surface area contributed by atoms with Gasteiger partial charge in [0.15, 0.2) is 70.6 Å². The summed E-state index contributed by atoms with van der Waals surface area (Å²) in [6, 6.07) is 14.2. The monoisotopic (exact) mass is 1280 g/mol. The highest BCUT2D eigenvalue weighted by Gasteiger charge is 2.26. The number of fused-ring (bicyclic) bond motifs is 12. The van der Waals surface area contributed by atoms with Gasteiger partial charge >= 0.3 is 24.1 Å². The third-order valence-corrected chi connectivity index (χ3v) is 15.2. The van der Waals surface area contributed by atoms with E-state index in [9.17, 15) is 39.4 Å². The second-order valence-corrected chi connectivity index (χ2v) is 20.8. The summed E-state index contributed by atoms with van der Waals surface area (Å²) in [5.41, 5.74) is 3.07. The molecule has 34 heteroatoms. The van der Waals surface area contributed by atoms with Crippen molar-refractivity contribution in [1.82, 2.24) is 48.4 Å². The molecule has 12 rings (SSSR count). The van der Waals surface area contributed by atoms with Crippen molar-refractivity contribution in [3.05, 3.63) is 126 Å². The van der Waals surface area contributed by atoms with Crippen LogP contribution in [0.4, 0.5) is 21.5 Å². The lowest BCUT2D eigenvalue weighted by Gasteiger charge is -2.20. The van der Waals surface area contributed by atoms with Gasteiger partial charge in [-0.1, -0.05) is 9.97 Å². The van der Waals surface area contributed by atoms with Crippen LogP contribution in [0.2, 0.25) is 0 Å². The maximum absolute atomic E-state index is 14.1. The minimum absolute atomic E-state index is 0.0788. The first-order valence-electron chi connectivity index (χ1n) is 26.8. The highest BCUT2D eigenvalue weighted by Crippen LogP contribution is 2.42. The van der Waals surface area contributed by atoms with Crippen molar-refractivity contribution in [2.75, 3.05) is 69.2 Å². The van der Waals surface area contributed by atoms with Crippen LogP contribution in [0.15, 0.2) is 87.4 Å². The molecule has 0 fully saturated rings. The molecule has 0 bridgehead atoms. The van der Waals surface area contributed by atoms with Gasteiger partial charge in [-0.3, -0.25) is 19.6 Å². The van der Waals surface area contributed by atoms with Gasteiger partial charge < -0.3 is 91.5 Å². The van der Waals surface area contributed by atoms with Crippen LogP contribution in [-0.2, 0) is 54.4 Å². The number of benzene rings is 4. The molecule has 4 aromatic carbocycles. The van der Waals surface area contributed by atoms with Gasteiger partial charge in [-0.05, 0) is 62.7 Å². The van der Waals surface area contributed by atoms with Crippen LogP contribution in [0.5, 0.6) is 46.0 Å². The Bertz CT molecular complexity index is 4670. The van der Waals surface area contributed by atoms with Crippen LogP contribution in [-0.4, -0.2) is 134 Å². The number of nitrogens with zero attached hydrogens (tertiary/aromatic N) is 12. The number of nitrogens with one attached hydrogen (secondary N) is 1. The average Bonchev–Trinajstić information content (AvgIpc) is 0.782. The largest absolute Gasteiger partial charge is 0.518 e. The summed E-state index contributed by atoms with van der Waals surface area (Å²) < 4.78 is 67.8. The van der Waals surface area contributed by atoms with E-state index < -0.39 is 22.1 Å². The van der Waals surface area contributed by atoms with E-state index in [1.807, 2.05) is 34.6 Å². The van der Waals surface area contributed by atoms with Crippen molar-refractivity contribution < 1.29 is 71.3 Å². The van der Waals surface area contributed by atoms with E-state index in [0.29, 0.717) is 108 Å². The third kappa shape index (κ3) is 12.2. The van der Waals surface area contributed by atoms with Crippen molar-refractivity contribution >= 4 is 107 Å². The molecule has 0 saturated carbocycles. The molecule has 10 aromatic rings. The number of imidazole rings is 2. The molecule has 2 aliphatic heterocycles. The molecule has 0 spiro atoms. The predicted molar refractivity (Wildman–Crippen MR) is 327 cm³/mol. The SMILES string of the molecule is CNCCn1c(=O)c2cc(OC)c(OC)cc2c2cnc3cc4c(cc3c21)OCO4.COc1cc2c(=O)n(CCN(C)C(=O)OCc3cnc([N+](=O)[O-])n3C)c3c4cc5c(cc4ncc3c2cc1OC)OCO5.Cn1c(COC(=O)OP=NP)cnc1[N+](=O)[O-]. The minimum atomic E-state index is -0.915. The molecule has 1 atom stereocenters. The lowest BCUT2D eigenvalue weighted by molar-refractivity contribution is -0.396. The summed E-state index contributed by atoms with van der Waals surface area (Å²) in [5.74, 6) is 3.64. The summed E-state index contributed by atoms with van der Waals surface area (Å²) in [5, 5.41) is 30.0. The molecule has 8 heterocycles. The lowest BCUT2D eigenvalue weighted by Crippen LogP contribution is -2.33. The fraction of sp³-hybridized carbons (Fsp3) is 0.286. The highest BCUT2D eigenvalue weighted by atomic mass is 31.1. The number of nitro groups is 2. The van der Waals surface area contributed by atoms with E-state index in [0.717, 1.165) is 27.2 Å². The molecular weight excluding hydrogens is 1220 g/mol. The Morgan fingerprint density at radius 1 is 0.622 bits per heavy atom. The minimum Gasteiger partial charge on any atom is -0.493 e. The van der Waals surface area contributed by atoms with Gasteiger partial charge in [0, 0.05) is 90.1 Å². The highest BCUT2D eigenvalue weighted by molar-refractivity contribution is 7.31. The summed E-state index contributed by atoms with van der Waals surface area (Å²) in [6.07, 6.45) is 4.42. The molecular formula is C56H55N13O19P2. The maximum Gasteiger partial charge on any atom is 0.518 e. The number of pyridine rings is 4. The summed E-state index contributed by atoms with van der Waals surface area (Å²) in [7, 11) is 14.6. The Morgan fingerprint density at radius 2 is 1.04 bits per heavy atom. The molecule has 1 unspecified atom stereocenters. The third-order valence-electron chi connectivity index (χ3n) is 14.6. The van der Waals surface area contributed by atoms with Crippen LogP contribution in [0.3, 0.4) is 0 Å². The van der Waals surface area contributed by atoms with Crippen molar-refractivity contribution in [3.8, 4) is 46.0 Å². The Kier molecular flexibility index (Phi) is 18.5. The van der Waals surface area contributed by atoms with Crippen molar-refractivity contribution in [3.63, 3.8) is 0 Å². The molecule has 90 heavy (non-hydrogen) atoms. The Labute approximate surface area is 511 Å². The molecule has 32 nitrogen and oxygen atoms in total. The van der Waals surface area contributed by atoms with E-state index in [2.05, 4.69) is 39.0 Å². The quantitative estimate of drug-likeness (QED) is 0.0298. The van der Waals surface area contributed by atoms with Crippen molar-refractivity contribution in [2.45, 2.75) is 26.3 Å². The van der Waals surface area contributed by atoms with Crippen molar-refractivity contribution in [2.24, 2.45) is 18.6 Å². The van der Waals surface area contributed by atoms with Gasteiger partial charge in [-0.2, -0.15) is 0 Å². The molecule has 0 aliphatic carbocycles. The Morgan fingerprint density at radius 3 is 1.46 bits per heavy atom. The normalized spacial score (nSPS) is 12.1. The Balaban J connectivity index is 0.000000164. The Hall–Kier alpha value is -10.7. The van der Waals surface area contributed by atoms with Crippen molar-refractivity contribution in [1.29, 1.82) is 0 Å². The molecule has 0 saturated heterocycles. The van der Waals surface area contributed by atoms with E-state index >= 15 is 0 Å². The average molecular weight is 1280 g/mol. The second-order valence-electron chi connectivity index (χ2n) is 19.5. The smallest absolute Gasteiger partial charge is 0.493 e. The topological polar surface area (TPSA) is 355 Å². The van der Waals surface area contributed by atoms with Gasteiger partial charge in [0.25, 0.3) is 19.7 Å². The second kappa shape index (κ2) is 26.7. The van der Waals surface area contributed by atoms with Crippen LogP contribution in [0.1, 0.15) is 11.4 Å². The van der Waals surface area contributed by atoms with Gasteiger partial charge in [0.2, 0.25) is 13.6 Å². The number of aromatic nitrogens is 8. The first-order chi connectivity index (χ1) is 43.4. The zero-order valence-electron chi connectivity index (χ0n) is 49.2. The van der Waals surface area contributed by atoms with E-state index in [4.69, 9.17) is 42.6 Å². The fourth-order valence-corrected chi connectivity index (χ4v) is 10.4. The van der Waals surface area contributed by atoms with Gasteiger partial charge in [0.05, 0.1) is 75.4 Å². The van der Waals surface area contributed by atoms with E-state index in [-0.39, 0.29) is 71.5 Å². The molecule has 6 aromatic heterocycles. The number of hydrogen-bond acceptors (Lipinski definition) is 25. The number of rotatable bonds is 17. The zero-order chi connectivity index (χ0) is 64.1. The lowest BCUT2D eigenvalue weighted by atomic mass is 10.0. The maximum atomic E-state index is 14.1. The number of methoxy groups -OCH3 is 4. The fourth-order valence-electron chi connectivity index (χ4n) is 10.1. The number of ether oxygens (including phenoxy) is 10. The molecule has 1 N–H and O–H groups in total. The van der Waals surface area contributed by atoms with Crippen LogP contribution in [0, 0.1) is 20.2 Å². The number of carbonyl (C=O) groups is 2. The van der Waals surface area contributed by atoms with Crippen LogP contribution < -0.4 is 54.3 Å². The first kappa shape index (κ1) is 62.3. The standard InChI is InChI=1S/C28H26N6O9.C22H21N3O5.C6H8N4O5P2/c1-31(28(36)41-13-15-11-30-27(32(15)2)34(37)38)5-6-33-25-18-9-23-24(43-14-42-23)10-20(18)29-12-19(25)16-7-21(39-3)22(40-4)8-17(16)26(33)35;1-23-4-5-25-21-14-8-19-20(30-11-29-19)9-16(14)24-10-15(21)12-6-17(27-2)18(28-3)7-13(12)22(25)26;1-9-4(2-7-5(9)10(12)13)3-14-6(11)15-17-8-16/h7-12H,5-6,13-14H2,1-4H3;6-10,23H,4-5,11H2,1-3H3;2H,3,16H2,1H3. The molecule has 0 radical (unpaired) electrons. The summed E-state index contributed by atoms with van der Waals surface area (Å²) in [6.45, 7) is 1.23. The number of hydrogen-bond donors (Lipinski definition) is 1. The molecule has 1 amide bonds. The van der Waals surface area contributed by atoms with E-state index in [1.54, 1.807) is 66.1 Å². The number of amides is 1. The van der Waals surface area contributed by atoms with Gasteiger partial charge in [0.1, 0.15) is 12.4 Å². The summed E-state index contributed by atoms with van der Waals surface area (Å²) >= 11 is 0. The molecule has 468 valence electrons. The van der Waals surface area contributed by atoms with Crippen LogP contribution in [0.25, 0.3) is 65.2 Å². The number of carbonyl (C=O) groups excluding carboxylic acids is 2. The van der Waals surface area contributed by atoms with Gasteiger partial charge in [-0.25, -0.2) is 23.2 Å². The first-order valence-corrected chi connectivity index (χ1v) is 28.1. The predicted octanol–water partition coefficient (Wildman–Crippen LogP) is 7.84. The van der Waals surface area contributed by atoms with Crippen LogP contribution >= 0.6 is 18.0 Å². The van der Waals surface area contributed by atoms with E-state index in [1.165, 1.54) is 61.8 Å². The zero-order valence-corrected chi connectivity index (χ0v) is 51.3. The molecule has 2 aliphatic rings. The summed E-state index contributed by atoms with van der Waals surface area (Å²) in [4.78, 5) is 89.6.